The van der Waals surface area contributed by atoms with E-state index >= 15 is 0 Å². The number of nitrogens with one attached hydrogen (secondary N) is 2. The fourth-order valence-corrected chi connectivity index (χ4v) is 3.11. The fraction of sp³-hybridized carbons (Fsp3) is 0.200. The molecule has 4 rings (SSSR count). The van der Waals surface area contributed by atoms with Gasteiger partial charge in [-0.1, -0.05) is 53.7 Å². The summed E-state index contributed by atoms with van der Waals surface area (Å²) >= 11 is 0. The quantitative estimate of drug-likeness (QED) is 0.752. The van der Waals surface area contributed by atoms with Gasteiger partial charge in [0.15, 0.2) is 6.10 Å². The topological polar surface area (TPSA) is 66.5 Å². The molecule has 0 fully saturated rings. The Morgan fingerprint density at radius 2 is 1.96 bits per heavy atom. The second-order valence-electron chi connectivity index (χ2n) is 6.11. The molecule has 0 bridgehead atoms. The van der Waals surface area contributed by atoms with Crippen molar-refractivity contribution in [3.63, 3.8) is 0 Å². The lowest BCUT2D eigenvalue weighted by Crippen LogP contribution is -2.32. The Balaban J connectivity index is 1.31. The minimum absolute atomic E-state index is 0.154. The van der Waals surface area contributed by atoms with Crippen LogP contribution < -0.4 is 5.32 Å². The summed E-state index contributed by atoms with van der Waals surface area (Å²) in [6.07, 6.45) is 3.10. The van der Waals surface area contributed by atoms with Crippen LogP contribution in [0.1, 0.15) is 23.7 Å². The summed E-state index contributed by atoms with van der Waals surface area (Å²) < 4.78 is 0. The van der Waals surface area contributed by atoms with Crippen LogP contribution in [0.15, 0.2) is 65.9 Å². The first-order valence-electron chi connectivity index (χ1n) is 8.42. The Labute approximate surface area is 145 Å². The van der Waals surface area contributed by atoms with Gasteiger partial charge in [-0.3, -0.25) is 4.79 Å². The van der Waals surface area contributed by atoms with Crippen molar-refractivity contribution in [1.82, 2.24) is 10.3 Å². The van der Waals surface area contributed by atoms with E-state index in [-0.39, 0.29) is 12.0 Å². The number of rotatable bonds is 5. The predicted molar refractivity (Wildman–Crippen MR) is 97.3 cm³/mol. The van der Waals surface area contributed by atoms with Crippen LogP contribution >= 0.6 is 0 Å². The number of oxime groups is 1. The van der Waals surface area contributed by atoms with E-state index in [0.717, 1.165) is 17.5 Å². The van der Waals surface area contributed by atoms with Crippen LogP contribution in [0.4, 0.5) is 0 Å². The molecule has 1 aliphatic rings. The molecule has 0 spiro atoms. The molecule has 126 valence electrons. The van der Waals surface area contributed by atoms with Gasteiger partial charge in [-0.15, -0.1) is 0 Å². The number of carbonyl (C=O) groups excluding carboxylic acids is 1. The number of aromatic nitrogens is 1. The summed E-state index contributed by atoms with van der Waals surface area (Å²) in [5.41, 5.74) is 3.80. The highest BCUT2D eigenvalue weighted by Gasteiger charge is 2.26. The number of nitrogens with zero attached hydrogens (tertiary/aromatic N) is 1. The third-order valence-corrected chi connectivity index (χ3v) is 4.46. The van der Waals surface area contributed by atoms with Crippen LogP contribution in [0.5, 0.6) is 0 Å². The van der Waals surface area contributed by atoms with Crippen molar-refractivity contribution in [2.75, 3.05) is 6.54 Å². The zero-order valence-electron chi connectivity index (χ0n) is 13.7. The molecule has 0 saturated heterocycles. The molecule has 2 N–H and O–H groups in total. The Bertz CT molecular complexity index is 915. The zero-order valence-corrected chi connectivity index (χ0v) is 13.7. The number of carbonyl (C=O) groups is 1. The summed E-state index contributed by atoms with van der Waals surface area (Å²) in [6, 6.07) is 18.0. The average molecular weight is 333 g/mol. The Morgan fingerprint density at radius 1 is 1.16 bits per heavy atom. The smallest absolute Gasteiger partial charge is 0.269 e. The second-order valence-corrected chi connectivity index (χ2v) is 6.11. The predicted octanol–water partition coefficient (Wildman–Crippen LogP) is 3.34. The third-order valence-electron chi connectivity index (χ3n) is 4.46. The number of para-hydroxylation sites is 1. The zero-order chi connectivity index (χ0) is 17.1. The van der Waals surface area contributed by atoms with Gasteiger partial charge in [0.05, 0.1) is 0 Å². The van der Waals surface area contributed by atoms with E-state index < -0.39 is 0 Å². The highest BCUT2D eigenvalue weighted by atomic mass is 16.6. The summed E-state index contributed by atoms with van der Waals surface area (Å²) in [5.74, 6) is -0.154. The lowest BCUT2D eigenvalue weighted by atomic mass is 10.0. The lowest BCUT2D eigenvalue weighted by molar-refractivity contribution is -0.114. The summed E-state index contributed by atoms with van der Waals surface area (Å²) in [6.45, 7) is 0.565. The van der Waals surface area contributed by atoms with Crippen LogP contribution in [0.3, 0.4) is 0 Å². The van der Waals surface area contributed by atoms with Crippen molar-refractivity contribution >= 4 is 22.5 Å². The monoisotopic (exact) mass is 333 g/mol. The number of benzene rings is 2. The number of aromatic amines is 1. The van der Waals surface area contributed by atoms with Crippen LogP contribution in [0.25, 0.3) is 10.9 Å². The van der Waals surface area contributed by atoms with E-state index in [2.05, 4.69) is 21.5 Å². The minimum atomic E-state index is -0.171. The summed E-state index contributed by atoms with van der Waals surface area (Å²) in [4.78, 5) is 20.9. The molecule has 3 aromatic rings. The van der Waals surface area contributed by atoms with Crippen LogP contribution in [-0.2, 0) is 16.1 Å². The van der Waals surface area contributed by atoms with Crippen LogP contribution in [-0.4, -0.2) is 23.1 Å². The highest BCUT2D eigenvalue weighted by molar-refractivity contribution is 6.39. The second kappa shape index (κ2) is 6.81. The van der Waals surface area contributed by atoms with E-state index in [1.807, 2.05) is 54.7 Å². The van der Waals surface area contributed by atoms with Crippen molar-refractivity contribution in [1.29, 1.82) is 0 Å². The molecular weight excluding hydrogens is 314 g/mol. The van der Waals surface area contributed by atoms with Gasteiger partial charge in [0.1, 0.15) is 5.71 Å². The molecular formula is C20H19N3O2. The van der Waals surface area contributed by atoms with Gasteiger partial charge in [0, 0.05) is 30.1 Å². The average Bonchev–Trinajstić information content (AvgIpc) is 3.30. The molecule has 0 radical (unpaired) electrons. The van der Waals surface area contributed by atoms with Crippen molar-refractivity contribution in [3.05, 3.63) is 71.9 Å². The number of fused-ring (bicyclic) bond motifs is 1. The molecule has 5 heteroatoms. The van der Waals surface area contributed by atoms with E-state index in [0.29, 0.717) is 18.7 Å². The van der Waals surface area contributed by atoms with Gasteiger partial charge >= 0.3 is 0 Å². The van der Waals surface area contributed by atoms with Gasteiger partial charge in [-0.25, -0.2) is 0 Å². The first-order valence-corrected chi connectivity index (χ1v) is 8.42. The Morgan fingerprint density at radius 3 is 2.84 bits per heavy atom. The molecule has 2 aromatic carbocycles. The van der Waals surface area contributed by atoms with Gasteiger partial charge < -0.3 is 15.1 Å². The van der Waals surface area contributed by atoms with Gasteiger partial charge in [0.2, 0.25) is 0 Å². The van der Waals surface area contributed by atoms with Gasteiger partial charge in [0.25, 0.3) is 5.91 Å². The standard InChI is InChI=1S/C20H19N3O2/c24-20(18-12-19(25-23-18)14-6-2-1-3-7-14)21-11-10-15-13-22-17-9-5-4-8-16(15)17/h1-9,13,19,22H,10-12H2,(H,21,24). The van der Waals surface area contributed by atoms with Crippen molar-refractivity contribution < 1.29 is 9.63 Å². The molecule has 1 aromatic heterocycles. The largest absolute Gasteiger partial charge is 0.387 e. The Kier molecular flexibility index (Phi) is 4.21. The van der Waals surface area contributed by atoms with E-state index in [4.69, 9.17) is 4.84 Å². The maximum Gasteiger partial charge on any atom is 0.269 e. The van der Waals surface area contributed by atoms with Gasteiger partial charge in [-0.05, 0) is 23.6 Å². The fourth-order valence-electron chi connectivity index (χ4n) is 3.11. The molecule has 1 aliphatic heterocycles. The van der Waals surface area contributed by atoms with Crippen molar-refractivity contribution in [2.45, 2.75) is 18.9 Å². The molecule has 5 nitrogen and oxygen atoms in total. The summed E-state index contributed by atoms with van der Waals surface area (Å²) in [5, 5.41) is 8.09. The maximum atomic E-state index is 12.3. The number of hydrogen-bond acceptors (Lipinski definition) is 3. The van der Waals surface area contributed by atoms with Crippen LogP contribution in [0.2, 0.25) is 0 Å². The van der Waals surface area contributed by atoms with E-state index in [9.17, 15) is 4.79 Å². The highest BCUT2D eigenvalue weighted by Crippen LogP contribution is 2.26. The van der Waals surface area contributed by atoms with E-state index in [1.165, 1.54) is 10.9 Å². The molecule has 0 saturated carbocycles. The Hall–Kier alpha value is -3.08. The molecule has 25 heavy (non-hydrogen) atoms. The van der Waals surface area contributed by atoms with Gasteiger partial charge in [-0.2, -0.15) is 0 Å². The SMILES string of the molecule is O=C(NCCc1c[nH]c2ccccc12)C1=NOC(c2ccccc2)C1. The molecule has 1 atom stereocenters. The molecule has 0 aliphatic carbocycles. The van der Waals surface area contributed by atoms with Crippen molar-refractivity contribution in [2.24, 2.45) is 5.16 Å². The minimum Gasteiger partial charge on any atom is -0.387 e. The molecule has 1 unspecified atom stereocenters. The van der Waals surface area contributed by atoms with Crippen molar-refractivity contribution in [3.8, 4) is 0 Å². The lowest BCUT2D eigenvalue weighted by Gasteiger charge is -2.07. The maximum absolute atomic E-state index is 12.3. The van der Waals surface area contributed by atoms with Crippen LogP contribution in [0, 0.1) is 0 Å². The van der Waals surface area contributed by atoms with E-state index in [1.54, 1.807) is 0 Å². The summed E-state index contributed by atoms with van der Waals surface area (Å²) in [7, 11) is 0. The number of amides is 1. The molecule has 2 heterocycles. The number of H-pyrrole nitrogens is 1. The first kappa shape index (κ1) is 15.4. The molecule has 1 amide bonds. The first-order chi connectivity index (χ1) is 12.3. The third kappa shape index (κ3) is 3.26. The number of hydrogen-bond donors (Lipinski definition) is 2. The normalized spacial score (nSPS) is 16.5.